The number of unbranched alkanes of at least 4 members (excludes halogenated alkanes) is 13. The van der Waals surface area contributed by atoms with E-state index in [4.69, 9.17) is 5.73 Å². The molecule has 0 aromatic heterocycles. The van der Waals surface area contributed by atoms with E-state index in [-0.39, 0.29) is 17.9 Å². The van der Waals surface area contributed by atoms with E-state index in [1.54, 1.807) is 0 Å². The highest BCUT2D eigenvalue weighted by molar-refractivity contribution is 5.85. The molecule has 0 radical (unpaired) electrons. The van der Waals surface area contributed by atoms with Gasteiger partial charge in [0, 0.05) is 11.5 Å². The van der Waals surface area contributed by atoms with Gasteiger partial charge in [0.15, 0.2) is 0 Å². The van der Waals surface area contributed by atoms with Gasteiger partial charge in [0.1, 0.15) is 0 Å². The molecule has 0 spiro atoms. The smallest absolute Gasteiger partial charge is 0.0218 e. The van der Waals surface area contributed by atoms with Crippen LogP contribution < -0.4 is 5.73 Å². The van der Waals surface area contributed by atoms with E-state index in [1.807, 2.05) is 0 Å². The van der Waals surface area contributed by atoms with Gasteiger partial charge in [-0.1, -0.05) is 141 Å². The summed E-state index contributed by atoms with van der Waals surface area (Å²) in [6.45, 7) is 6.80. The highest BCUT2D eigenvalue weighted by Crippen LogP contribution is 2.36. The molecule has 0 aliphatic carbocycles. The van der Waals surface area contributed by atoms with E-state index in [9.17, 15) is 0 Å². The number of rotatable bonds is 19. The van der Waals surface area contributed by atoms with E-state index >= 15 is 0 Å². The lowest BCUT2D eigenvalue weighted by molar-refractivity contribution is 0.300. The fourth-order valence-electron chi connectivity index (χ4n) is 4.76. The lowest BCUT2D eigenvalue weighted by Crippen LogP contribution is -2.44. The molecule has 0 saturated heterocycles. The first-order chi connectivity index (χ1) is 14.2. The van der Waals surface area contributed by atoms with E-state index < -0.39 is 0 Å². The molecular formula is C28H52ClN. The van der Waals surface area contributed by atoms with Crippen LogP contribution in [-0.2, 0) is 0 Å². The Morgan fingerprint density at radius 2 is 1.03 bits per heavy atom. The zero-order valence-corrected chi connectivity index (χ0v) is 21.3. The molecule has 1 atom stereocenters. The maximum atomic E-state index is 6.83. The molecule has 1 rings (SSSR count). The molecule has 0 heterocycles. The molecule has 30 heavy (non-hydrogen) atoms. The predicted octanol–water partition coefficient (Wildman–Crippen LogP) is 9.58. The fourth-order valence-corrected chi connectivity index (χ4v) is 4.76. The Morgan fingerprint density at radius 3 is 1.43 bits per heavy atom. The fraction of sp³-hybridized carbons (Fsp3) is 0.786. The minimum atomic E-state index is -0.0576. The second kappa shape index (κ2) is 19.2. The maximum Gasteiger partial charge on any atom is 0.0218 e. The largest absolute Gasteiger partial charge is 0.325 e. The van der Waals surface area contributed by atoms with Gasteiger partial charge >= 0.3 is 0 Å². The second-order valence-corrected chi connectivity index (χ2v) is 9.29. The standard InChI is InChI=1S/C28H51N.ClH/c1-4-7-8-9-10-11-12-13-14-15-16-17-18-22-25-27(28(29,5-2)6-3)26-23-20-19-21-24-26;/h19-21,23-24,27H,4-18,22,25,29H2,1-3H3;1H. The van der Waals surface area contributed by atoms with Crippen LogP contribution in [0.25, 0.3) is 0 Å². The molecular weight excluding hydrogens is 386 g/mol. The summed E-state index contributed by atoms with van der Waals surface area (Å²) in [5, 5.41) is 0. The Balaban J connectivity index is 0.00000841. The third-order valence-corrected chi connectivity index (χ3v) is 7.06. The lowest BCUT2D eigenvalue weighted by Gasteiger charge is -2.37. The molecule has 0 fully saturated rings. The van der Waals surface area contributed by atoms with Crippen molar-refractivity contribution in [2.24, 2.45) is 5.73 Å². The normalized spacial score (nSPS) is 12.5. The summed E-state index contributed by atoms with van der Waals surface area (Å²) in [7, 11) is 0. The number of hydrogen-bond donors (Lipinski definition) is 1. The van der Waals surface area contributed by atoms with Crippen molar-refractivity contribution in [3.8, 4) is 0 Å². The summed E-state index contributed by atoms with van der Waals surface area (Å²) >= 11 is 0. The summed E-state index contributed by atoms with van der Waals surface area (Å²) in [6.07, 6.45) is 23.2. The summed E-state index contributed by atoms with van der Waals surface area (Å²) in [5.74, 6) is 0.496. The number of nitrogens with two attached hydrogens (primary N) is 1. The second-order valence-electron chi connectivity index (χ2n) is 9.29. The zero-order chi connectivity index (χ0) is 21.2. The van der Waals surface area contributed by atoms with E-state index in [2.05, 4.69) is 51.1 Å². The van der Waals surface area contributed by atoms with Crippen LogP contribution in [0.5, 0.6) is 0 Å². The van der Waals surface area contributed by atoms with Crippen molar-refractivity contribution in [2.75, 3.05) is 0 Å². The molecule has 0 amide bonds. The third kappa shape index (κ3) is 12.4. The van der Waals surface area contributed by atoms with Crippen molar-refractivity contribution in [2.45, 2.75) is 141 Å². The van der Waals surface area contributed by atoms with Gasteiger partial charge in [-0.2, -0.15) is 0 Å². The highest BCUT2D eigenvalue weighted by Gasteiger charge is 2.32. The highest BCUT2D eigenvalue weighted by atomic mass is 35.5. The van der Waals surface area contributed by atoms with Gasteiger partial charge in [0.05, 0.1) is 0 Å². The Hall–Kier alpha value is -0.530. The van der Waals surface area contributed by atoms with Crippen molar-refractivity contribution in [3.05, 3.63) is 35.9 Å². The lowest BCUT2D eigenvalue weighted by atomic mass is 9.73. The maximum absolute atomic E-state index is 6.83. The van der Waals surface area contributed by atoms with Crippen LogP contribution in [0, 0.1) is 0 Å². The van der Waals surface area contributed by atoms with Crippen molar-refractivity contribution in [3.63, 3.8) is 0 Å². The minimum absolute atomic E-state index is 0. The third-order valence-electron chi connectivity index (χ3n) is 7.06. The van der Waals surface area contributed by atoms with E-state index in [1.165, 1.54) is 102 Å². The minimum Gasteiger partial charge on any atom is -0.325 e. The van der Waals surface area contributed by atoms with Crippen LogP contribution in [0.15, 0.2) is 30.3 Å². The Morgan fingerprint density at radius 1 is 0.633 bits per heavy atom. The Labute approximate surface area is 195 Å². The summed E-state index contributed by atoms with van der Waals surface area (Å²) in [6, 6.07) is 11.0. The van der Waals surface area contributed by atoms with Gasteiger partial charge < -0.3 is 5.73 Å². The first-order valence-corrected chi connectivity index (χ1v) is 13.0. The van der Waals surface area contributed by atoms with E-state index in [0.29, 0.717) is 5.92 Å². The van der Waals surface area contributed by atoms with Crippen LogP contribution in [0.2, 0.25) is 0 Å². The van der Waals surface area contributed by atoms with Gasteiger partial charge in [-0.3, -0.25) is 0 Å². The average Bonchev–Trinajstić information content (AvgIpc) is 2.76. The first-order valence-electron chi connectivity index (χ1n) is 13.0. The van der Waals surface area contributed by atoms with E-state index in [0.717, 1.165) is 12.8 Å². The molecule has 1 unspecified atom stereocenters. The molecule has 176 valence electrons. The Kier molecular flexibility index (Phi) is 18.8. The molecule has 1 aromatic rings. The molecule has 0 aliphatic heterocycles. The quantitative estimate of drug-likeness (QED) is 0.214. The first kappa shape index (κ1) is 29.5. The number of halogens is 1. The van der Waals surface area contributed by atoms with Crippen LogP contribution in [0.1, 0.15) is 141 Å². The molecule has 2 heteroatoms. The van der Waals surface area contributed by atoms with Gasteiger partial charge in [-0.25, -0.2) is 0 Å². The van der Waals surface area contributed by atoms with Crippen LogP contribution in [0.4, 0.5) is 0 Å². The monoisotopic (exact) mass is 437 g/mol. The van der Waals surface area contributed by atoms with Crippen LogP contribution in [-0.4, -0.2) is 5.54 Å². The average molecular weight is 438 g/mol. The number of hydrogen-bond acceptors (Lipinski definition) is 1. The molecule has 1 aromatic carbocycles. The van der Waals surface area contributed by atoms with Crippen molar-refractivity contribution in [1.82, 2.24) is 0 Å². The van der Waals surface area contributed by atoms with Crippen molar-refractivity contribution in [1.29, 1.82) is 0 Å². The van der Waals surface area contributed by atoms with Crippen LogP contribution >= 0.6 is 12.4 Å². The van der Waals surface area contributed by atoms with Gasteiger partial charge in [0.2, 0.25) is 0 Å². The molecule has 0 aliphatic rings. The van der Waals surface area contributed by atoms with Crippen LogP contribution in [0.3, 0.4) is 0 Å². The van der Waals surface area contributed by atoms with Crippen molar-refractivity contribution < 1.29 is 0 Å². The predicted molar refractivity (Wildman–Crippen MR) is 139 cm³/mol. The summed E-state index contributed by atoms with van der Waals surface area (Å²) < 4.78 is 0. The Bertz CT molecular complexity index is 469. The van der Waals surface area contributed by atoms with Crippen molar-refractivity contribution >= 4 is 12.4 Å². The number of benzene rings is 1. The van der Waals surface area contributed by atoms with Gasteiger partial charge in [0.25, 0.3) is 0 Å². The van der Waals surface area contributed by atoms with Gasteiger partial charge in [-0.15, -0.1) is 12.4 Å². The molecule has 2 N–H and O–H groups in total. The summed E-state index contributed by atoms with van der Waals surface area (Å²) in [5.41, 5.74) is 8.21. The zero-order valence-electron chi connectivity index (χ0n) is 20.5. The summed E-state index contributed by atoms with van der Waals surface area (Å²) in [4.78, 5) is 0. The molecule has 0 bridgehead atoms. The van der Waals surface area contributed by atoms with Gasteiger partial charge in [-0.05, 0) is 24.8 Å². The molecule has 0 saturated carbocycles. The molecule has 1 nitrogen and oxygen atoms in total. The SMILES string of the molecule is CCCCCCCCCCCCCCCCC(c1ccccc1)C(N)(CC)CC.Cl. The topological polar surface area (TPSA) is 26.0 Å².